The lowest BCUT2D eigenvalue weighted by Crippen LogP contribution is -2.29. The van der Waals surface area contributed by atoms with Gasteiger partial charge in [-0.25, -0.2) is 4.39 Å². The van der Waals surface area contributed by atoms with Crippen LogP contribution in [0.1, 0.15) is 5.56 Å². The van der Waals surface area contributed by atoms with Gasteiger partial charge in [0.05, 0.1) is 6.54 Å². The molecule has 2 aromatic carbocycles. The van der Waals surface area contributed by atoms with Crippen LogP contribution in [0.15, 0.2) is 48.5 Å². The van der Waals surface area contributed by atoms with Crippen molar-refractivity contribution in [3.05, 3.63) is 59.9 Å². The molecule has 7 heteroatoms. The fraction of sp³-hybridized carbons (Fsp3) is 0.235. The summed E-state index contributed by atoms with van der Waals surface area (Å²) in [6.45, 7) is -2.30. The lowest BCUT2D eigenvalue weighted by atomic mass is 10.2. The fourth-order valence-corrected chi connectivity index (χ4v) is 2.16. The Bertz CT molecular complexity index is 678. The second-order valence-corrected chi connectivity index (χ2v) is 5.25. The van der Waals surface area contributed by atoms with Gasteiger partial charge in [-0.15, -0.1) is 0 Å². The number of halogens is 3. The molecule has 1 amide bonds. The van der Waals surface area contributed by atoms with Crippen LogP contribution < -0.4 is 10.1 Å². The maximum absolute atomic E-state index is 13.1. The molecule has 0 atom stereocenters. The van der Waals surface area contributed by atoms with Gasteiger partial charge in [0.25, 0.3) is 0 Å². The van der Waals surface area contributed by atoms with E-state index in [9.17, 15) is 18.0 Å². The molecule has 2 aromatic rings. The molecule has 4 nitrogen and oxygen atoms in total. The number of amides is 1. The van der Waals surface area contributed by atoms with Gasteiger partial charge in [-0.05, 0) is 42.9 Å². The summed E-state index contributed by atoms with van der Waals surface area (Å²) < 4.78 is 41.5. The van der Waals surface area contributed by atoms with E-state index in [0.29, 0.717) is 12.2 Å². The molecular formula is C17H17F3N2O2. The highest BCUT2D eigenvalue weighted by Crippen LogP contribution is 2.16. The third-order valence-electron chi connectivity index (χ3n) is 3.12. The Balaban J connectivity index is 1.83. The van der Waals surface area contributed by atoms with E-state index in [1.54, 1.807) is 30.1 Å². The van der Waals surface area contributed by atoms with Crippen molar-refractivity contribution in [1.82, 2.24) is 4.90 Å². The standard InChI is InChI=1S/C17H17F3N2O2/c1-22(10-12-5-7-15(8-6-12)24-17(19)20)11-16(23)21-14-4-2-3-13(18)9-14/h2-9,17H,10-11H2,1H3,(H,21,23). The van der Waals surface area contributed by atoms with Crippen molar-refractivity contribution in [3.8, 4) is 5.75 Å². The average molecular weight is 338 g/mol. The van der Waals surface area contributed by atoms with E-state index in [-0.39, 0.29) is 18.2 Å². The second kappa shape index (κ2) is 8.35. The number of hydrogen-bond acceptors (Lipinski definition) is 3. The maximum Gasteiger partial charge on any atom is 0.387 e. The Kier molecular flexibility index (Phi) is 6.20. The lowest BCUT2D eigenvalue weighted by molar-refractivity contribution is -0.117. The van der Waals surface area contributed by atoms with Crippen LogP contribution in [-0.2, 0) is 11.3 Å². The van der Waals surface area contributed by atoms with Crippen LogP contribution in [0.5, 0.6) is 5.75 Å². The molecule has 24 heavy (non-hydrogen) atoms. The maximum atomic E-state index is 13.1. The predicted molar refractivity (Wildman–Crippen MR) is 84.4 cm³/mol. The van der Waals surface area contributed by atoms with Gasteiger partial charge in [0.1, 0.15) is 11.6 Å². The molecule has 0 fully saturated rings. The minimum absolute atomic E-state index is 0.0836. The number of hydrogen-bond donors (Lipinski definition) is 1. The quantitative estimate of drug-likeness (QED) is 0.840. The van der Waals surface area contributed by atoms with Crippen LogP contribution in [0.3, 0.4) is 0 Å². The Morgan fingerprint density at radius 3 is 2.54 bits per heavy atom. The number of likely N-dealkylation sites (N-methyl/N-ethyl adjacent to an activating group) is 1. The van der Waals surface area contributed by atoms with Gasteiger partial charge < -0.3 is 10.1 Å². The fourth-order valence-electron chi connectivity index (χ4n) is 2.16. The van der Waals surface area contributed by atoms with Gasteiger partial charge in [-0.1, -0.05) is 18.2 Å². The molecule has 0 aliphatic carbocycles. The van der Waals surface area contributed by atoms with Crippen molar-refractivity contribution in [2.45, 2.75) is 13.2 Å². The third kappa shape index (κ3) is 5.92. The minimum atomic E-state index is -2.86. The molecule has 0 aliphatic heterocycles. The van der Waals surface area contributed by atoms with Crippen molar-refractivity contribution >= 4 is 11.6 Å². The van der Waals surface area contributed by atoms with E-state index in [0.717, 1.165) is 5.56 Å². The minimum Gasteiger partial charge on any atom is -0.435 e. The van der Waals surface area contributed by atoms with Crippen molar-refractivity contribution < 1.29 is 22.7 Å². The van der Waals surface area contributed by atoms with E-state index >= 15 is 0 Å². The van der Waals surface area contributed by atoms with E-state index in [4.69, 9.17) is 0 Å². The molecule has 0 bridgehead atoms. The predicted octanol–water partition coefficient (Wildman–Crippen LogP) is 3.50. The van der Waals surface area contributed by atoms with Gasteiger partial charge >= 0.3 is 6.61 Å². The summed E-state index contributed by atoms with van der Waals surface area (Å²) in [4.78, 5) is 13.7. The molecule has 128 valence electrons. The molecule has 0 heterocycles. The number of rotatable bonds is 7. The molecular weight excluding hydrogens is 321 g/mol. The number of ether oxygens (including phenoxy) is 1. The molecule has 0 radical (unpaired) electrons. The number of anilines is 1. The molecule has 0 aromatic heterocycles. The van der Waals surface area contributed by atoms with Crippen LogP contribution in [0, 0.1) is 5.82 Å². The molecule has 0 unspecified atom stereocenters. The second-order valence-electron chi connectivity index (χ2n) is 5.25. The first-order chi connectivity index (χ1) is 11.4. The summed E-state index contributed by atoms with van der Waals surface area (Å²) in [7, 11) is 1.74. The summed E-state index contributed by atoms with van der Waals surface area (Å²) in [6, 6.07) is 11.8. The summed E-state index contributed by atoms with van der Waals surface area (Å²) in [5.41, 5.74) is 1.24. The highest BCUT2D eigenvalue weighted by Gasteiger charge is 2.09. The van der Waals surface area contributed by atoms with Gasteiger partial charge in [-0.2, -0.15) is 8.78 Å². The molecule has 0 saturated carbocycles. The van der Waals surface area contributed by atoms with Gasteiger partial charge in [0.2, 0.25) is 5.91 Å². The summed E-state index contributed by atoms with van der Waals surface area (Å²) in [5.74, 6) is -0.617. The highest BCUT2D eigenvalue weighted by molar-refractivity contribution is 5.92. The van der Waals surface area contributed by atoms with Gasteiger partial charge in [0, 0.05) is 12.2 Å². The zero-order valence-corrected chi connectivity index (χ0v) is 13.0. The first kappa shape index (κ1) is 17.8. The smallest absolute Gasteiger partial charge is 0.387 e. The number of nitrogens with zero attached hydrogens (tertiary/aromatic N) is 1. The van der Waals surface area contributed by atoms with Crippen LogP contribution in [0.25, 0.3) is 0 Å². The number of benzene rings is 2. The lowest BCUT2D eigenvalue weighted by Gasteiger charge is -2.16. The van der Waals surface area contributed by atoms with Gasteiger partial charge in [0.15, 0.2) is 0 Å². The normalized spacial score (nSPS) is 10.9. The Morgan fingerprint density at radius 2 is 1.92 bits per heavy atom. The third-order valence-corrected chi connectivity index (χ3v) is 3.12. The molecule has 1 N–H and O–H groups in total. The van der Waals surface area contributed by atoms with E-state index in [1.165, 1.54) is 30.3 Å². The SMILES string of the molecule is CN(CC(=O)Nc1cccc(F)c1)Cc1ccc(OC(F)F)cc1. The number of alkyl halides is 2. The first-order valence-electron chi connectivity index (χ1n) is 7.20. The largest absolute Gasteiger partial charge is 0.435 e. The summed E-state index contributed by atoms with van der Waals surface area (Å²) in [6.07, 6.45) is 0. The van der Waals surface area contributed by atoms with Crippen molar-refractivity contribution in [2.75, 3.05) is 18.9 Å². The Hall–Kier alpha value is -2.54. The Labute approximate surface area is 137 Å². The average Bonchev–Trinajstić information content (AvgIpc) is 2.48. The van der Waals surface area contributed by atoms with E-state index in [1.807, 2.05) is 0 Å². The summed E-state index contributed by atoms with van der Waals surface area (Å²) in [5, 5.41) is 2.61. The molecule has 0 spiro atoms. The summed E-state index contributed by atoms with van der Waals surface area (Å²) >= 11 is 0. The van der Waals surface area contributed by atoms with Crippen molar-refractivity contribution in [3.63, 3.8) is 0 Å². The molecule has 0 saturated heterocycles. The van der Waals surface area contributed by atoms with E-state index in [2.05, 4.69) is 10.1 Å². The zero-order chi connectivity index (χ0) is 17.5. The topological polar surface area (TPSA) is 41.6 Å². The van der Waals surface area contributed by atoms with Crippen molar-refractivity contribution in [2.24, 2.45) is 0 Å². The van der Waals surface area contributed by atoms with Crippen molar-refractivity contribution in [1.29, 1.82) is 0 Å². The number of nitrogens with one attached hydrogen (secondary N) is 1. The highest BCUT2D eigenvalue weighted by atomic mass is 19.3. The molecule has 0 aliphatic rings. The number of carbonyl (C=O) groups is 1. The number of carbonyl (C=O) groups excluding carboxylic acids is 1. The van der Waals surface area contributed by atoms with Crippen LogP contribution in [0.2, 0.25) is 0 Å². The van der Waals surface area contributed by atoms with E-state index < -0.39 is 12.4 Å². The van der Waals surface area contributed by atoms with Crippen LogP contribution >= 0.6 is 0 Å². The molecule has 2 rings (SSSR count). The first-order valence-corrected chi connectivity index (χ1v) is 7.20. The Morgan fingerprint density at radius 1 is 1.21 bits per heavy atom. The zero-order valence-electron chi connectivity index (χ0n) is 13.0. The monoisotopic (exact) mass is 338 g/mol. The van der Waals surface area contributed by atoms with Crippen LogP contribution in [-0.4, -0.2) is 31.0 Å². The van der Waals surface area contributed by atoms with Gasteiger partial charge in [-0.3, -0.25) is 9.69 Å². The van der Waals surface area contributed by atoms with Crippen LogP contribution in [0.4, 0.5) is 18.9 Å².